The predicted molar refractivity (Wildman–Crippen MR) is 99.3 cm³/mol. The molecule has 1 amide bonds. The Kier molecular flexibility index (Phi) is 3.94. The number of benzene rings is 1. The van der Waals surface area contributed by atoms with E-state index >= 15 is 0 Å². The Morgan fingerprint density at radius 1 is 1.33 bits per heavy atom. The van der Waals surface area contributed by atoms with Gasteiger partial charge in [-0.15, -0.1) is 11.3 Å². The highest BCUT2D eigenvalue weighted by Crippen LogP contribution is 2.34. The van der Waals surface area contributed by atoms with Gasteiger partial charge in [0.15, 0.2) is 5.13 Å². The molecule has 0 saturated heterocycles. The van der Waals surface area contributed by atoms with Gasteiger partial charge in [0.1, 0.15) is 0 Å². The monoisotopic (exact) mass is 337 g/mol. The van der Waals surface area contributed by atoms with Crippen LogP contribution in [0.1, 0.15) is 25.0 Å². The molecule has 0 bridgehead atoms. The molecule has 1 unspecified atom stereocenters. The van der Waals surface area contributed by atoms with E-state index in [-0.39, 0.29) is 11.8 Å². The van der Waals surface area contributed by atoms with Gasteiger partial charge >= 0.3 is 0 Å². The van der Waals surface area contributed by atoms with Gasteiger partial charge in [-0.3, -0.25) is 4.79 Å². The maximum absolute atomic E-state index is 12.4. The highest BCUT2D eigenvalue weighted by atomic mass is 32.1. The van der Waals surface area contributed by atoms with Crippen LogP contribution in [0.4, 0.5) is 5.13 Å². The lowest BCUT2D eigenvalue weighted by Gasteiger charge is -2.15. The molecule has 0 spiro atoms. The van der Waals surface area contributed by atoms with Crippen molar-refractivity contribution in [2.45, 2.75) is 26.2 Å². The fourth-order valence-electron chi connectivity index (χ4n) is 3.29. The van der Waals surface area contributed by atoms with Crippen molar-refractivity contribution in [3.63, 3.8) is 0 Å². The number of rotatable bonds is 3. The van der Waals surface area contributed by atoms with Crippen LogP contribution in [-0.2, 0) is 4.79 Å². The third kappa shape index (κ3) is 2.76. The smallest absolute Gasteiger partial charge is 0.229 e. The summed E-state index contributed by atoms with van der Waals surface area (Å²) in [6, 6.07) is 8.22. The fourth-order valence-corrected chi connectivity index (χ4v) is 4.00. The molecule has 0 fully saturated rings. The van der Waals surface area contributed by atoms with Crippen molar-refractivity contribution in [2.24, 2.45) is 5.92 Å². The Morgan fingerprint density at radius 3 is 3.04 bits per heavy atom. The number of hydrogen-bond acceptors (Lipinski definition) is 3. The van der Waals surface area contributed by atoms with Gasteiger partial charge in [-0.25, -0.2) is 4.98 Å². The average molecular weight is 337 g/mol. The van der Waals surface area contributed by atoms with E-state index in [4.69, 9.17) is 0 Å². The lowest BCUT2D eigenvalue weighted by atomic mass is 9.94. The standard InChI is InChI=1S/C19H19N3OS/c1-12-17(14-9-5-6-10-15(14)20-12)16-11-24-19(21-16)22-18(23)13-7-3-2-4-8-13/h2-3,5-6,9-11,13,20H,4,7-8H2,1H3,(H,21,22,23). The number of nitrogens with one attached hydrogen (secondary N) is 2. The van der Waals surface area contributed by atoms with Crippen LogP contribution in [0.5, 0.6) is 0 Å². The van der Waals surface area contributed by atoms with Crippen LogP contribution in [0.3, 0.4) is 0 Å². The van der Waals surface area contributed by atoms with E-state index < -0.39 is 0 Å². The molecule has 0 aliphatic heterocycles. The first-order valence-electron chi connectivity index (χ1n) is 8.21. The zero-order valence-electron chi connectivity index (χ0n) is 13.5. The molecule has 0 saturated carbocycles. The van der Waals surface area contributed by atoms with E-state index in [1.165, 1.54) is 11.3 Å². The van der Waals surface area contributed by atoms with Crippen molar-refractivity contribution in [1.82, 2.24) is 9.97 Å². The number of fused-ring (bicyclic) bond motifs is 1. The molecule has 1 atom stereocenters. The van der Waals surface area contributed by atoms with Gasteiger partial charge in [0.2, 0.25) is 5.91 Å². The molecular formula is C19H19N3OS. The third-order valence-corrected chi connectivity index (χ3v) is 5.28. The molecule has 2 aromatic heterocycles. The number of H-pyrrole nitrogens is 1. The molecule has 1 aliphatic rings. The van der Waals surface area contributed by atoms with Crippen LogP contribution in [-0.4, -0.2) is 15.9 Å². The Hall–Kier alpha value is -2.40. The van der Waals surface area contributed by atoms with Crippen molar-refractivity contribution in [3.05, 3.63) is 47.5 Å². The number of hydrogen-bond donors (Lipinski definition) is 2. The van der Waals surface area contributed by atoms with Gasteiger partial charge in [-0.1, -0.05) is 30.4 Å². The molecule has 0 radical (unpaired) electrons. The van der Waals surface area contributed by atoms with Gasteiger partial charge in [-0.2, -0.15) is 0 Å². The van der Waals surface area contributed by atoms with Crippen LogP contribution >= 0.6 is 11.3 Å². The van der Waals surface area contributed by atoms with Gasteiger partial charge < -0.3 is 10.3 Å². The van der Waals surface area contributed by atoms with E-state index in [0.29, 0.717) is 5.13 Å². The van der Waals surface area contributed by atoms with E-state index in [1.54, 1.807) is 0 Å². The second-order valence-electron chi connectivity index (χ2n) is 6.18. The highest BCUT2D eigenvalue weighted by Gasteiger charge is 2.20. The number of allylic oxidation sites excluding steroid dienone is 2. The molecule has 122 valence electrons. The zero-order valence-corrected chi connectivity index (χ0v) is 14.3. The number of carbonyl (C=O) groups excluding carboxylic acids is 1. The summed E-state index contributed by atoms with van der Waals surface area (Å²) in [7, 11) is 0. The Bertz CT molecular complexity index is 922. The number of aryl methyl sites for hydroxylation is 1. The third-order valence-electron chi connectivity index (χ3n) is 4.52. The second-order valence-corrected chi connectivity index (χ2v) is 7.04. The maximum atomic E-state index is 12.4. The van der Waals surface area contributed by atoms with E-state index in [2.05, 4.69) is 46.5 Å². The molecule has 5 heteroatoms. The first kappa shape index (κ1) is 15.1. The van der Waals surface area contributed by atoms with Crippen LogP contribution in [0.2, 0.25) is 0 Å². The summed E-state index contributed by atoms with van der Waals surface area (Å²) >= 11 is 1.48. The molecule has 1 aliphatic carbocycles. The van der Waals surface area contributed by atoms with Crippen molar-refractivity contribution >= 4 is 33.3 Å². The summed E-state index contributed by atoms with van der Waals surface area (Å²) in [6.07, 6.45) is 6.96. The molecule has 2 N–H and O–H groups in total. The number of para-hydroxylation sites is 1. The van der Waals surface area contributed by atoms with Crippen LogP contribution < -0.4 is 5.32 Å². The highest BCUT2D eigenvalue weighted by molar-refractivity contribution is 7.14. The van der Waals surface area contributed by atoms with Crippen LogP contribution in [0.15, 0.2) is 41.8 Å². The van der Waals surface area contributed by atoms with Crippen molar-refractivity contribution in [3.8, 4) is 11.3 Å². The number of nitrogens with zero attached hydrogens (tertiary/aromatic N) is 1. The molecule has 4 nitrogen and oxygen atoms in total. The largest absolute Gasteiger partial charge is 0.358 e. The van der Waals surface area contributed by atoms with Gasteiger partial charge in [0.25, 0.3) is 0 Å². The summed E-state index contributed by atoms with van der Waals surface area (Å²) in [4.78, 5) is 20.4. The molecular weight excluding hydrogens is 318 g/mol. The zero-order chi connectivity index (χ0) is 16.5. The Morgan fingerprint density at radius 2 is 2.21 bits per heavy atom. The Labute approximate surface area is 144 Å². The summed E-state index contributed by atoms with van der Waals surface area (Å²) in [5, 5.41) is 6.84. The molecule has 3 aromatic rings. The van der Waals surface area contributed by atoms with Gasteiger partial charge in [0.05, 0.1) is 5.69 Å². The summed E-state index contributed by atoms with van der Waals surface area (Å²) in [5.74, 6) is 0.146. The van der Waals surface area contributed by atoms with E-state index in [9.17, 15) is 4.79 Å². The lowest BCUT2D eigenvalue weighted by molar-refractivity contribution is -0.120. The van der Waals surface area contributed by atoms with E-state index in [0.717, 1.165) is 47.1 Å². The minimum Gasteiger partial charge on any atom is -0.358 e. The van der Waals surface area contributed by atoms with Gasteiger partial charge in [0, 0.05) is 33.5 Å². The summed E-state index contributed by atoms with van der Waals surface area (Å²) < 4.78 is 0. The Balaban J connectivity index is 1.59. The number of aromatic nitrogens is 2. The van der Waals surface area contributed by atoms with E-state index in [1.807, 2.05) is 17.5 Å². The minimum atomic E-state index is 0.0668. The topological polar surface area (TPSA) is 57.8 Å². The second kappa shape index (κ2) is 6.24. The summed E-state index contributed by atoms with van der Waals surface area (Å²) in [6.45, 7) is 2.06. The van der Waals surface area contributed by atoms with Gasteiger partial charge in [-0.05, 0) is 32.3 Å². The number of aromatic amines is 1. The fraction of sp³-hybridized carbons (Fsp3) is 0.263. The minimum absolute atomic E-state index is 0.0668. The number of carbonyl (C=O) groups is 1. The number of amides is 1. The maximum Gasteiger partial charge on any atom is 0.229 e. The molecule has 1 aromatic carbocycles. The first-order valence-corrected chi connectivity index (χ1v) is 9.09. The van der Waals surface area contributed by atoms with Crippen LogP contribution in [0, 0.1) is 12.8 Å². The summed E-state index contributed by atoms with van der Waals surface area (Å²) in [5.41, 5.74) is 4.23. The van der Waals surface area contributed by atoms with Crippen molar-refractivity contribution in [2.75, 3.05) is 5.32 Å². The number of thiazole rings is 1. The molecule has 2 heterocycles. The molecule has 24 heavy (non-hydrogen) atoms. The SMILES string of the molecule is Cc1[nH]c2ccccc2c1-c1csc(NC(=O)C2CC=CCC2)n1. The quantitative estimate of drug-likeness (QED) is 0.668. The molecule has 4 rings (SSSR count). The lowest BCUT2D eigenvalue weighted by Crippen LogP contribution is -2.23. The van der Waals surface area contributed by atoms with Crippen molar-refractivity contribution in [1.29, 1.82) is 0 Å². The van der Waals surface area contributed by atoms with Crippen molar-refractivity contribution < 1.29 is 4.79 Å². The van der Waals surface area contributed by atoms with Crippen LogP contribution in [0.25, 0.3) is 22.2 Å². The normalized spacial score (nSPS) is 17.3. The first-order chi connectivity index (χ1) is 11.7. The average Bonchev–Trinajstić information content (AvgIpc) is 3.18. The number of anilines is 1. The predicted octanol–water partition coefficient (Wildman–Crippen LogP) is 4.89.